The molecule has 1 rings (SSSR count). The Morgan fingerprint density at radius 2 is 2.06 bits per heavy atom. The van der Waals surface area contributed by atoms with Gasteiger partial charge in [0.2, 0.25) is 10.0 Å². The molecule has 0 aliphatic carbocycles. The van der Waals surface area contributed by atoms with E-state index in [-0.39, 0.29) is 0 Å². The summed E-state index contributed by atoms with van der Waals surface area (Å²) in [4.78, 5) is 0. The lowest BCUT2D eigenvalue weighted by atomic mass is 10.1. The summed E-state index contributed by atoms with van der Waals surface area (Å²) in [6.45, 7) is 5.54. The van der Waals surface area contributed by atoms with Gasteiger partial charge in [0.15, 0.2) is 0 Å². The van der Waals surface area contributed by atoms with Crippen molar-refractivity contribution >= 4 is 21.3 Å². The minimum atomic E-state index is -3.33. The zero-order valence-electron chi connectivity index (χ0n) is 9.11. The molecule has 0 aliphatic rings. The van der Waals surface area contributed by atoms with Crippen LogP contribution in [-0.4, -0.2) is 14.7 Å². The fourth-order valence-electron chi connectivity index (χ4n) is 1.21. The van der Waals surface area contributed by atoms with Crippen molar-refractivity contribution in [2.24, 2.45) is 0 Å². The highest BCUT2D eigenvalue weighted by atomic mass is 32.2. The molecule has 0 amide bonds. The highest BCUT2D eigenvalue weighted by Crippen LogP contribution is 2.20. The molecule has 0 bridgehead atoms. The summed E-state index contributed by atoms with van der Waals surface area (Å²) in [6, 6.07) is 6.76. The van der Waals surface area contributed by atoms with Crippen LogP contribution in [0.4, 0.5) is 5.69 Å². The average Bonchev–Trinajstić information content (AvgIpc) is 2.14. The van der Waals surface area contributed by atoms with E-state index in [9.17, 15) is 8.42 Å². The first kappa shape index (κ1) is 12.3. The van der Waals surface area contributed by atoms with Gasteiger partial charge in [-0.2, -0.15) is 5.26 Å². The Bertz CT molecular complexity index is 568. The highest BCUT2D eigenvalue weighted by molar-refractivity contribution is 7.92. The van der Waals surface area contributed by atoms with Crippen molar-refractivity contribution in [3.8, 4) is 6.07 Å². The topological polar surface area (TPSA) is 70.0 Å². The summed E-state index contributed by atoms with van der Waals surface area (Å²) in [5.74, 6) is 0. The van der Waals surface area contributed by atoms with Gasteiger partial charge >= 0.3 is 0 Å². The summed E-state index contributed by atoms with van der Waals surface area (Å²) >= 11 is 0. The maximum atomic E-state index is 11.1. The van der Waals surface area contributed by atoms with Crippen LogP contribution in [0.15, 0.2) is 24.8 Å². The summed E-state index contributed by atoms with van der Waals surface area (Å²) in [6.07, 6.45) is 1.06. The third-order valence-electron chi connectivity index (χ3n) is 1.86. The van der Waals surface area contributed by atoms with Crippen LogP contribution in [0.1, 0.15) is 18.1 Å². The molecule has 1 N–H and O–H groups in total. The van der Waals surface area contributed by atoms with E-state index in [0.29, 0.717) is 11.3 Å². The number of nitriles is 1. The maximum absolute atomic E-state index is 11.1. The average molecular weight is 236 g/mol. The normalized spacial score (nSPS) is 10.6. The zero-order valence-corrected chi connectivity index (χ0v) is 9.93. The number of sulfonamides is 1. The Morgan fingerprint density at radius 1 is 1.44 bits per heavy atom. The number of benzene rings is 1. The van der Waals surface area contributed by atoms with Gasteiger partial charge in [-0.25, -0.2) is 8.42 Å². The highest BCUT2D eigenvalue weighted by Gasteiger charge is 2.05. The zero-order chi connectivity index (χ0) is 12.3. The quantitative estimate of drug-likeness (QED) is 0.872. The molecule has 0 atom stereocenters. The minimum absolute atomic E-state index is 0.375. The number of nitrogens with one attached hydrogen (secondary N) is 1. The second-order valence-corrected chi connectivity index (χ2v) is 5.31. The second-order valence-electron chi connectivity index (χ2n) is 3.57. The molecule has 16 heavy (non-hydrogen) atoms. The maximum Gasteiger partial charge on any atom is 0.229 e. The van der Waals surface area contributed by atoms with E-state index in [4.69, 9.17) is 5.26 Å². The molecule has 0 aromatic heterocycles. The number of nitrogens with zero attached hydrogens (tertiary/aromatic N) is 1. The van der Waals surface area contributed by atoms with Gasteiger partial charge in [-0.3, -0.25) is 4.72 Å². The van der Waals surface area contributed by atoms with Crippen LogP contribution < -0.4 is 4.72 Å². The van der Waals surface area contributed by atoms with E-state index < -0.39 is 10.0 Å². The lowest BCUT2D eigenvalue weighted by Crippen LogP contribution is -2.09. The van der Waals surface area contributed by atoms with Gasteiger partial charge in [-0.05, 0) is 30.7 Å². The van der Waals surface area contributed by atoms with E-state index in [0.717, 1.165) is 17.4 Å². The molecule has 5 heteroatoms. The number of hydrogen-bond donors (Lipinski definition) is 1. The molecule has 0 fully saturated rings. The standard InChI is InChI=1S/C11H12N2O2S/c1-8(2)10-4-9(7-12)5-11(6-10)13-16(3,14)15/h4-6,13H,1H2,2-3H3. The Labute approximate surface area is 95.3 Å². The number of allylic oxidation sites excluding steroid dienone is 1. The van der Waals surface area contributed by atoms with Crippen molar-refractivity contribution in [2.45, 2.75) is 6.92 Å². The first-order valence-corrected chi connectivity index (χ1v) is 6.40. The molecule has 0 aliphatic heterocycles. The predicted octanol–water partition coefficient (Wildman–Crippen LogP) is 1.96. The van der Waals surface area contributed by atoms with Gasteiger partial charge in [0.25, 0.3) is 0 Å². The minimum Gasteiger partial charge on any atom is -0.284 e. The molecular weight excluding hydrogens is 224 g/mol. The summed E-state index contributed by atoms with van der Waals surface area (Å²) in [5.41, 5.74) is 2.28. The number of rotatable bonds is 3. The smallest absolute Gasteiger partial charge is 0.229 e. The molecule has 1 aromatic carbocycles. The molecule has 0 heterocycles. The Morgan fingerprint density at radius 3 is 2.50 bits per heavy atom. The first-order chi connectivity index (χ1) is 7.31. The van der Waals surface area contributed by atoms with Crippen molar-refractivity contribution in [1.82, 2.24) is 0 Å². The summed E-state index contributed by atoms with van der Waals surface area (Å²) in [7, 11) is -3.33. The number of anilines is 1. The molecule has 1 aromatic rings. The van der Waals surface area contributed by atoms with Crippen LogP contribution in [0, 0.1) is 11.3 Å². The van der Waals surface area contributed by atoms with Crippen LogP contribution in [0.5, 0.6) is 0 Å². The Hall–Kier alpha value is -1.80. The molecule has 0 unspecified atom stereocenters. The van der Waals surface area contributed by atoms with Crippen molar-refractivity contribution in [3.05, 3.63) is 35.9 Å². The van der Waals surface area contributed by atoms with Gasteiger partial charge in [0, 0.05) is 0 Å². The van der Waals surface area contributed by atoms with Crippen LogP contribution in [0.25, 0.3) is 5.57 Å². The SMILES string of the molecule is C=C(C)c1cc(C#N)cc(NS(C)(=O)=O)c1. The molecular formula is C11H12N2O2S. The summed E-state index contributed by atoms with van der Waals surface area (Å²) < 4.78 is 24.5. The molecule has 0 saturated carbocycles. The molecule has 0 spiro atoms. The fraction of sp³-hybridized carbons (Fsp3) is 0.182. The van der Waals surface area contributed by atoms with Crippen molar-refractivity contribution in [3.63, 3.8) is 0 Å². The molecule has 0 radical (unpaired) electrons. The van der Waals surface area contributed by atoms with E-state index in [1.807, 2.05) is 6.07 Å². The Kier molecular flexibility index (Phi) is 3.35. The van der Waals surface area contributed by atoms with E-state index in [2.05, 4.69) is 11.3 Å². The van der Waals surface area contributed by atoms with Crippen LogP contribution >= 0.6 is 0 Å². The van der Waals surface area contributed by atoms with E-state index in [1.165, 1.54) is 6.07 Å². The first-order valence-electron chi connectivity index (χ1n) is 4.50. The van der Waals surface area contributed by atoms with Gasteiger partial charge in [0.1, 0.15) is 0 Å². The second kappa shape index (κ2) is 4.37. The summed E-state index contributed by atoms with van der Waals surface area (Å²) in [5, 5.41) is 8.81. The lowest BCUT2D eigenvalue weighted by molar-refractivity contribution is 0.607. The third-order valence-corrected chi connectivity index (χ3v) is 2.46. The largest absolute Gasteiger partial charge is 0.284 e. The monoisotopic (exact) mass is 236 g/mol. The van der Waals surface area contributed by atoms with Gasteiger partial charge in [0.05, 0.1) is 23.6 Å². The van der Waals surface area contributed by atoms with Gasteiger partial charge in [-0.1, -0.05) is 12.2 Å². The molecule has 0 saturated heterocycles. The van der Waals surface area contributed by atoms with E-state index in [1.54, 1.807) is 19.1 Å². The van der Waals surface area contributed by atoms with Gasteiger partial charge in [-0.15, -0.1) is 0 Å². The molecule has 4 nitrogen and oxygen atoms in total. The van der Waals surface area contributed by atoms with E-state index >= 15 is 0 Å². The van der Waals surface area contributed by atoms with Gasteiger partial charge < -0.3 is 0 Å². The predicted molar refractivity (Wildman–Crippen MR) is 64.3 cm³/mol. The van der Waals surface area contributed by atoms with Crippen molar-refractivity contribution in [1.29, 1.82) is 5.26 Å². The third kappa shape index (κ3) is 3.41. The molecule has 84 valence electrons. The van der Waals surface area contributed by atoms with Crippen molar-refractivity contribution in [2.75, 3.05) is 11.0 Å². The fourth-order valence-corrected chi connectivity index (χ4v) is 1.76. The number of hydrogen-bond acceptors (Lipinski definition) is 3. The van der Waals surface area contributed by atoms with Crippen LogP contribution in [0.2, 0.25) is 0 Å². The van der Waals surface area contributed by atoms with Crippen LogP contribution in [-0.2, 0) is 10.0 Å². The van der Waals surface area contributed by atoms with Crippen molar-refractivity contribution < 1.29 is 8.42 Å². The Balaban J connectivity index is 3.26. The van der Waals surface area contributed by atoms with Crippen LogP contribution in [0.3, 0.4) is 0 Å². The lowest BCUT2D eigenvalue weighted by Gasteiger charge is -2.07.